The Balaban J connectivity index is 2.64. The van der Waals surface area contributed by atoms with Crippen molar-refractivity contribution in [1.82, 2.24) is 4.90 Å². The maximum atomic E-state index is 5.54. The molecule has 0 atom stereocenters. The van der Waals surface area contributed by atoms with E-state index < -0.39 is 18.4 Å². The van der Waals surface area contributed by atoms with Crippen molar-refractivity contribution in [1.29, 1.82) is 0 Å². The molecule has 0 amide bonds. The number of nitrogens with zero attached hydrogens (tertiary/aromatic N) is 1. The van der Waals surface area contributed by atoms with Crippen molar-refractivity contribution in [2.45, 2.75) is 72.6 Å². The van der Waals surface area contributed by atoms with Gasteiger partial charge in [0.1, 0.15) is 0 Å². The summed E-state index contributed by atoms with van der Waals surface area (Å²) in [5.74, 6) is 0. The predicted octanol–water partition coefficient (Wildman–Crippen LogP) is 4.71. The second-order valence-corrected chi connectivity index (χ2v) is 20.4. The van der Waals surface area contributed by atoms with Gasteiger partial charge in [-0.25, -0.2) is 0 Å². The normalized spacial score (nSPS) is 17.6. The van der Waals surface area contributed by atoms with E-state index >= 15 is 0 Å². The van der Waals surface area contributed by atoms with Gasteiger partial charge in [0.15, 0.2) is 0 Å². The molecule has 0 aromatic heterocycles. The van der Waals surface area contributed by atoms with E-state index in [-0.39, 0.29) is 0 Å². The molecule has 0 spiro atoms. The summed E-state index contributed by atoms with van der Waals surface area (Å²) in [6, 6.07) is 0. The van der Waals surface area contributed by atoms with Crippen LogP contribution in [0.2, 0.25) is 13.3 Å². The molecule has 3 heteroatoms. The average Bonchev–Trinajstić information content (AvgIpc) is 2.49. The first kappa shape index (κ1) is 18.8. The molecule has 1 aliphatic rings. The van der Waals surface area contributed by atoms with Crippen molar-refractivity contribution < 1.29 is 4.74 Å². The summed E-state index contributed by atoms with van der Waals surface area (Å²) in [7, 11) is 0. The van der Waals surface area contributed by atoms with E-state index in [1.807, 2.05) is 0 Å². The fourth-order valence-corrected chi connectivity index (χ4v) is 20.1. The zero-order valence-corrected chi connectivity index (χ0v) is 17.1. The summed E-state index contributed by atoms with van der Waals surface area (Å²) >= 11 is -1.92. The fraction of sp³-hybridized carbons (Fsp3) is 1.00. The van der Waals surface area contributed by atoms with Crippen molar-refractivity contribution in [3.63, 3.8) is 0 Å². The van der Waals surface area contributed by atoms with Crippen LogP contribution in [0.1, 0.15) is 59.3 Å². The van der Waals surface area contributed by atoms with E-state index in [9.17, 15) is 0 Å². The summed E-state index contributed by atoms with van der Waals surface area (Å²) in [6.45, 7) is 11.4. The third-order valence-corrected chi connectivity index (χ3v) is 20.1. The van der Waals surface area contributed by atoms with E-state index in [2.05, 4.69) is 25.7 Å². The Hall–Kier alpha value is 0.719. The van der Waals surface area contributed by atoms with Crippen LogP contribution in [0.3, 0.4) is 0 Å². The van der Waals surface area contributed by atoms with Gasteiger partial charge in [-0.05, 0) is 0 Å². The van der Waals surface area contributed by atoms with Gasteiger partial charge in [-0.15, -0.1) is 0 Å². The second-order valence-electron chi connectivity index (χ2n) is 6.70. The quantitative estimate of drug-likeness (QED) is 0.474. The molecule has 0 saturated carbocycles. The van der Waals surface area contributed by atoms with E-state index in [0.29, 0.717) is 0 Å². The Labute approximate surface area is 131 Å². The van der Waals surface area contributed by atoms with Crippen LogP contribution in [-0.4, -0.2) is 54.1 Å². The van der Waals surface area contributed by atoms with Gasteiger partial charge in [-0.2, -0.15) is 0 Å². The van der Waals surface area contributed by atoms with Crippen LogP contribution in [0.25, 0.3) is 0 Å². The van der Waals surface area contributed by atoms with Gasteiger partial charge in [-0.3, -0.25) is 0 Å². The molecular weight excluding hydrogens is 353 g/mol. The Morgan fingerprint density at radius 1 is 0.800 bits per heavy atom. The fourth-order valence-electron chi connectivity index (χ4n) is 3.50. The molecule has 0 unspecified atom stereocenters. The van der Waals surface area contributed by atoms with Crippen LogP contribution in [0.15, 0.2) is 0 Å². The van der Waals surface area contributed by atoms with E-state index in [0.717, 1.165) is 13.2 Å². The molecule has 0 bridgehead atoms. The van der Waals surface area contributed by atoms with Gasteiger partial charge in [-0.1, -0.05) is 0 Å². The average molecular weight is 390 g/mol. The van der Waals surface area contributed by atoms with Crippen molar-refractivity contribution in [3.8, 4) is 0 Å². The summed E-state index contributed by atoms with van der Waals surface area (Å²) in [5.41, 5.74) is 0. The summed E-state index contributed by atoms with van der Waals surface area (Å²) < 4.78 is 12.0. The van der Waals surface area contributed by atoms with E-state index in [1.165, 1.54) is 56.2 Å². The number of morpholine rings is 1. The third-order valence-electron chi connectivity index (χ3n) is 4.84. The minimum absolute atomic E-state index is 0.970. The SMILES string of the molecule is CCC[CH2][Sn]([CH2]CCC)([CH2]CCC)[CH2]N1CCOCC1. The Morgan fingerprint density at radius 3 is 1.65 bits per heavy atom. The molecule has 1 aliphatic heterocycles. The van der Waals surface area contributed by atoms with Gasteiger partial charge in [0, 0.05) is 0 Å². The van der Waals surface area contributed by atoms with Crippen molar-refractivity contribution in [3.05, 3.63) is 0 Å². The van der Waals surface area contributed by atoms with Gasteiger partial charge in [0.2, 0.25) is 0 Å². The molecule has 1 saturated heterocycles. The monoisotopic (exact) mass is 391 g/mol. The van der Waals surface area contributed by atoms with E-state index in [1.54, 1.807) is 13.3 Å². The molecule has 0 aromatic carbocycles. The van der Waals surface area contributed by atoms with Crippen LogP contribution < -0.4 is 0 Å². The van der Waals surface area contributed by atoms with Crippen molar-refractivity contribution in [2.24, 2.45) is 0 Å². The molecule has 0 aromatic rings. The zero-order chi connectivity index (χ0) is 14.7. The van der Waals surface area contributed by atoms with Gasteiger partial charge in [0.25, 0.3) is 0 Å². The third kappa shape index (κ3) is 7.13. The molecule has 0 N–H and O–H groups in total. The number of hydrogen-bond acceptors (Lipinski definition) is 2. The molecule has 1 heterocycles. The molecule has 120 valence electrons. The summed E-state index contributed by atoms with van der Waals surface area (Å²) in [4.78, 5) is 2.76. The van der Waals surface area contributed by atoms with Crippen LogP contribution >= 0.6 is 0 Å². The van der Waals surface area contributed by atoms with Gasteiger partial charge >= 0.3 is 131 Å². The molecule has 0 aliphatic carbocycles. The number of hydrogen-bond donors (Lipinski definition) is 0. The van der Waals surface area contributed by atoms with Crippen molar-refractivity contribution in [2.75, 3.05) is 30.9 Å². The Morgan fingerprint density at radius 2 is 1.25 bits per heavy atom. The molecule has 0 radical (unpaired) electrons. The summed E-state index contributed by atoms with van der Waals surface area (Å²) in [6.07, 6.45) is 8.65. The topological polar surface area (TPSA) is 12.5 Å². The summed E-state index contributed by atoms with van der Waals surface area (Å²) in [5, 5.41) is 0. The Bertz CT molecular complexity index is 207. The minimum atomic E-state index is -1.92. The molecule has 2 nitrogen and oxygen atoms in total. The second kappa shape index (κ2) is 11.3. The maximum absolute atomic E-state index is 5.54. The van der Waals surface area contributed by atoms with Crippen molar-refractivity contribution >= 4 is 18.4 Å². The van der Waals surface area contributed by atoms with Gasteiger partial charge in [0.05, 0.1) is 0 Å². The first-order valence-electron chi connectivity index (χ1n) is 9.06. The number of ether oxygens (including phenoxy) is 1. The molecular formula is C17H37NOSn. The van der Waals surface area contributed by atoms with Gasteiger partial charge < -0.3 is 0 Å². The first-order chi connectivity index (χ1) is 9.76. The first-order valence-corrected chi connectivity index (χ1v) is 17.1. The molecule has 20 heavy (non-hydrogen) atoms. The molecule has 1 fully saturated rings. The van der Waals surface area contributed by atoms with Crippen LogP contribution in [0, 0.1) is 0 Å². The van der Waals surface area contributed by atoms with Crippen LogP contribution in [0.5, 0.6) is 0 Å². The zero-order valence-electron chi connectivity index (χ0n) is 14.3. The van der Waals surface area contributed by atoms with Crippen LogP contribution in [-0.2, 0) is 4.74 Å². The predicted molar refractivity (Wildman–Crippen MR) is 92.2 cm³/mol. The number of rotatable bonds is 11. The number of unbranched alkanes of at least 4 members (excludes halogenated alkanes) is 3. The van der Waals surface area contributed by atoms with E-state index in [4.69, 9.17) is 4.74 Å². The Kier molecular flexibility index (Phi) is 10.6. The van der Waals surface area contributed by atoms with Crippen LogP contribution in [0.4, 0.5) is 0 Å². The standard InChI is InChI=1S/C5H10NO.3C4H9.Sn/c1-6-2-4-7-5-3-6;3*1-3-4-2;/h1-5H2;3*1,3-4H2,2H3;. The molecule has 1 rings (SSSR count).